The van der Waals surface area contributed by atoms with Crippen LogP contribution in [0.4, 0.5) is 0 Å². The fourth-order valence-electron chi connectivity index (χ4n) is 4.10. The molecule has 0 aliphatic carbocycles. The molecule has 2 aliphatic heterocycles. The highest BCUT2D eigenvalue weighted by molar-refractivity contribution is 7.85. The highest BCUT2D eigenvalue weighted by Crippen LogP contribution is 2.16. The van der Waals surface area contributed by atoms with E-state index in [4.69, 9.17) is 14.2 Å². The first-order chi connectivity index (χ1) is 17.3. The van der Waals surface area contributed by atoms with Crippen LogP contribution in [-0.4, -0.2) is 95.6 Å². The number of carbonyl (C=O) groups is 6. The fourth-order valence-corrected chi connectivity index (χ4v) is 4.59. The van der Waals surface area contributed by atoms with E-state index >= 15 is 0 Å². The van der Waals surface area contributed by atoms with Crippen molar-refractivity contribution in [1.82, 2.24) is 10.1 Å². The molecule has 208 valence electrons. The van der Waals surface area contributed by atoms with Gasteiger partial charge in [-0.1, -0.05) is 0 Å². The van der Waals surface area contributed by atoms with Crippen LogP contribution in [0.25, 0.3) is 0 Å². The molecule has 0 bridgehead atoms. The summed E-state index contributed by atoms with van der Waals surface area (Å²) in [7, 11) is -2.22. The minimum absolute atomic E-state index is 0.0116. The highest BCUT2D eigenvalue weighted by Gasteiger charge is 2.33. The van der Waals surface area contributed by atoms with Gasteiger partial charge in [0.1, 0.15) is 0 Å². The minimum Gasteiger partial charge on any atom is -0.330 e. The molecular formula is C22H34N3O11S+. The van der Waals surface area contributed by atoms with E-state index in [1.165, 1.54) is 0 Å². The molecule has 14 nitrogen and oxygen atoms in total. The van der Waals surface area contributed by atoms with E-state index in [2.05, 4.69) is 0 Å². The minimum atomic E-state index is -4.11. The third-order valence-corrected chi connectivity index (χ3v) is 6.96. The van der Waals surface area contributed by atoms with Crippen molar-refractivity contribution in [1.29, 1.82) is 0 Å². The lowest BCUT2D eigenvalue weighted by Gasteiger charge is -2.35. The quantitative estimate of drug-likeness (QED) is 0.121. The predicted octanol–water partition coefficient (Wildman–Crippen LogP) is 0.266. The van der Waals surface area contributed by atoms with E-state index in [1.54, 1.807) is 0 Å². The number of hydrogen-bond donors (Lipinski definition) is 1. The van der Waals surface area contributed by atoms with Crippen LogP contribution in [0.15, 0.2) is 0 Å². The Labute approximate surface area is 215 Å². The van der Waals surface area contributed by atoms with Gasteiger partial charge in [-0.25, -0.2) is 9.59 Å². The number of hydrogen-bond acceptors (Lipinski definition) is 10. The first-order valence-electron chi connectivity index (χ1n) is 12.2. The Bertz CT molecular complexity index is 921. The Morgan fingerprint density at radius 3 is 1.43 bits per heavy atom. The number of hydroxylamine groups is 4. The van der Waals surface area contributed by atoms with Crippen molar-refractivity contribution in [2.75, 3.05) is 32.4 Å². The lowest BCUT2D eigenvalue weighted by atomic mass is 10.1. The monoisotopic (exact) mass is 548 g/mol. The number of quaternary nitrogens is 1. The Hall–Kier alpha value is -2.91. The molecule has 4 amide bonds. The van der Waals surface area contributed by atoms with Crippen molar-refractivity contribution in [3.05, 3.63) is 0 Å². The second-order valence-electron chi connectivity index (χ2n) is 9.43. The Balaban J connectivity index is 1.77. The molecule has 0 saturated carbocycles. The van der Waals surface area contributed by atoms with E-state index in [9.17, 15) is 37.2 Å². The molecule has 2 fully saturated rings. The topological polar surface area (TPSA) is 182 Å². The summed E-state index contributed by atoms with van der Waals surface area (Å²) in [6.07, 6.45) is 2.16. The number of imide groups is 2. The summed E-state index contributed by atoms with van der Waals surface area (Å²) in [5, 5.41) is 0.997. The molecule has 0 radical (unpaired) electrons. The van der Waals surface area contributed by atoms with Gasteiger partial charge in [-0.3, -0.25) is 23.7 Å². The van der Waals surface area contributed by atoms with Gasteiger partial charge in [0.05, 0.1) is 32.4 Å². The van der Waals surface area contributed by atoms with E-state index in [0.717, 1.165) is 0 Å². The van der Waals surface area contributed by atoms with Gasteiger partial charge in [0.2, 0.25) is 0 Å². The van der Waals surface area contributed by atoms with E-state index in [-0.39, 0.29) is 44.9 Å². The van der Waals surface area contributed by atoms with E-state index < -0.39 is 51.4 Å². The van der Waals surface area contributed by atoms with Crippen LogP contribution in [0, 0.1) is 0 Å². The molecule has 0 unspecified atom stereocenters. The second-order valence-corrected chi connectivity index (χ2v) is 11.0. The van der Waals surface area contributed by atoms with Crippen LogP contribution < -0.4 is 0 Å². The maximum Gasteiger partial charge on any atom is 0.333 e. The lowest BCUT2D eigenvalue weighted by molar-refractivity contribution is -0.910. The van der Waals surface area contributed by atoms with Gasteiger partial charge in [-0.15, -0.1) is 10.1 Å². The lowest BCUT2D eigenvalue weighted by Crippen LogP contribution is -2.46. The summed E-state index contributed by atoms with van der Waals surface area (Å²) in [5.41, 5.74) is 0. The first kappa shape index (κ1) is 30.3. The summed E-state index contributed by atoms with van der Waals surface area (Å²) in [5.74, 6) is -3.99. The molecule has 37 heavy (non-hydrogen) atoms. The molecular weight excluding hydrogens is 514 g/mol. The van der Waals surface area contributed by atoms with Crippen molar-refractivity contribution in [3.63, 3.8) is 0 Å². The van der Waals surface area contributed by atoms with Gasteiger partial charge in [0, 0.05) is 44.9 Å². The van der Waals surface area contributed by atoms with Crippen LogP contribution in [0.3, 0.4) is 0 Å². The van der Waals surface area contributed by atoms with Crippen molar-refractivity contribution in [2.24, 2.45) is 0 Å². The zero-order chi connectivity index (χ0) is 27.6. The summed E-state index contributed by atoms with van der Waals surface area (Å²) < 4.78 is 31.7. The van der Waals surface area contributed by atoms with Gasteiger partial charge in [-0.05, 0) is 25.7 Å². The number of nitrogens with zero attached hydrogens (tertiary/aromatic N) is 3. The number of carbonyl (C=O) groups excluding carboxylic acids is 6. The van der Waals surface area contributed by atoms with Crippen molar-refractivity contribution < 1.29 is 55.9 Å². The van der Waals surface area contributed by atoms with Crippen molar-refractivity contribution in [2.45, 2.75) is 70.6 Å². The maximum atomic E-state index is 12.0. The largest absolute Gasteiger partial charge is 0.333 e. The maximum absolute atomic E-state index is 12.0. The summed E-state index contributed by atoms with van der Waals surface area (Å²) in [6.45, 7) is 1.53. The molecule has 1 N–H and O–H groups in total. The Morgan fingerprint density at radius 1 is 0.730 bits per heavy atom. The van der Waals surface area contributed by atoms with Crippen LogP contribution >= 0.6 is 0 Å². The summed E-state index contributed by atoms with van der Waals surface area (Å²) in [6, 6.07) is 0. The zero-order valence-corrected chi connectivity index (χ0v) is 21.7. The van der Waals surface area contributed by atoms with E-state index in [0.29, 0.717) is 59.9 Å². The van der Waals surface area contributed by atoms with Gasteiger partial charge < -0.3 is 14.2 Å². The molecule has 0 atom stereocenters. The van der Waals surface area contributed by atoms with Crippen LogP contribution in [0.1, 0.15) is 70.6 Å². The smallest absolute Gasteiger partial charge is 0.330 e. The third-order valence-electron chi connectivity index (χ3n) is 6.16. The average molecular weight is 549 g/mol. The molecule has 0 spiro atoms. The normalized spacial score (nSPS) is 16.6. The molecule has 2 rings (SSSR count). The fraction of sp³-hybridized carbons (Fsp3) is 0.727. The second kappa shape index (κ2) is 13.6. The summed E-state index contributed by atoms with van der Waals surface area (Å²) >= 11 is 0. The van der Waals surface area contributed by atoms with Gasteiger partial charge >= 0.3 is 11.9 Å². The van der Waals surface area contributed by atoms with Gasteiger partial charge in [0.15, 0.2) is 0 Å². The molecule has 2 saturated heterocycles. The molecule has 2 aliphatic rings. The van der Waals surface area contributed by atoms with Crippen molar-refractivity contribution >= 4 is 45.7 Å². The number of amides is 4. The van der Waals surface area contributed by atoms with E-state index in [1.807, 2.05) is 7.05 Å². The zero-order valence-electron chi connectivity index (χ0n) is 20.9. The third kappa shape index (κ3) is 10.5. The highest BCUT2D eigenvalue weighted by atomic mass is 32.2. The number of unbranched alkanes of at least 4 members (excludes halogenated alkanes) is 2. The molecule has 2 heterocycles. The van der Waals surface area contributed by atoms with Crippen LogP contribution in [0.2, 0.25) is 0 Å². The SMILES string of the molecule is C[N+](CCCCC(=O)ON1C(=O)CCC1=O)(CCCCC(=O)ON1C(=O)CCC1=O)CCCS(=O)(=O)O. The molecule has 0 aromatic carbocycles. The van der Waals surface area contributed by atoms with Crippen LogP contribution in [-0.2, 0) is 48.6 Å². The summed E-state index contributed by atoms with van der Waals surface area (Å²) in [4.78, 5) is 79.8. The average Bonchev–Trinajstić information content (AvgIpc) is 3.29. The van der Waals surface area contributed by atoms with Crippen LogP contribution in [0.5, 0.6) is 0 Å². The Kier molecular flexibility index (Phi) is 11.1. The molecule has 15 heteroatoms. The van der Waals surface area contributed by atoms with Gasteiger partial charge in [-0.2, -0.15) is 8.42 Å². The van der Waals surface area contributed by atoms with Crippen molar-refractivity contribution in [3.8, 4) is 0 Å². The van der Waals surface area contributed by atoms with Gasteiger partial charge in [0.25, 0.3) is 33.7 Å². The molecule has 0 aromatic heterocycles. The Morgan fingerprint density at radius 2 is 1.08 bits per heavy atom. The number of rotatable bonds is 16. The standard InChI is InChI=1S/C22H33N3O11S/c1-25(15-6-16-37(32,33)34,13-4-2-7-21(30)35-23-17(26)9-10-18(23)27)14-5-3-8-22(31)36-24-19(28)11-12-20(24)29/h2-16H2,1H3/p+1. The molecule has 0 aromatic rings. The first-order valence-corrected chi connectivity index (χ1v) is 13.8. The predicted molar refractivity (Wildman–Crippen MR) is 124 cm³/mol.